The molecule has 2 rings (SSSR count). The van der Waals surface area contributed by atoms with E-state index in [0.717, 1.165) is 21.5 Å². The first-order valence-corrected chi connectivity index (χ1v) is 6.84. The molecule has 0 fully saturated rings. The van der Waals surface area contributed by atoms with E-state index in [2.05, 4.69) is 54.0 Å². The lowest BCUT2D eigenvalue weighted by Crippen LogP contribution is -1.91. The Morgan fingerprint density at radius 3 is 2.59 bits per heavy atom. The Morgan fingerprint density at radius 2 is 1.94 bits per heavy atom. The highest BCUT2D eigenvalue weighted by atomic mass is 79.9. The molecule has 0 aromatic heterocycles. The van der Waals surface area contributed by atoms with Gasteiger partial charge in [-0.25, -0.2) is 0 Å². The summed E-state index contributed by atoms with van der Waals surface area (Å²) in [6, 6.07) is 12.4. The fourth-order valence-electron chi connectivity index (χ4n) is 2.07. The summed E-state index contributed by atoms with van der Waals surface area (Å²) in [5.74, 6) is 0. The SMILES string of the molecule is CCc1cc(Br)ccc1-c1c(C)cccc1Cl. The van der Waals surface area contributed by atoms with Gasteiger partial charge in [0.1, 0.15) is 0 Å². The van der Waals surface area contributed by atoms with E-state index in [1.54, 1.807) is 0 Å². The predicted octanol–water partition coefficient (Wildman–Crippen LogP) is 5.64. The number of rotatable bonds is 2. The molecule has 0 unspecified atom stereocenters. The smallest absolute Gasteiger partial charge is 0.0487 e. The fraction of sp³-hybridized carbons (Fsp3) is 0.200. The Morgan fingerprint density at radius 1 is 1.18 bits per heavy atom. The standard InChI is InChI=1S/C15H14BrCl/c1-3-11-9-12(16)7-8-13(11)15-10(2)5-4-6-14(15)17/h4-9H,3H2,1-2H3. The van der Waals surface area contributed by atoms with Crippen LogP contribution in [-0.4, -0.2) is 0 Å². The van der Waals surface area contributed by atoms with Crippen LogP contribution in [0.15, 0.2) is 40.9 Å². The topological polar surface area (TPSA) is 0 Å². The molecule has 2 aromatic rings. The van der Waals surface area contributed by atoms with E-state index in [-0.39, 0.29) is 0 Å². The Hall–Kier alpha value is -0.790. The fourth-order valence-corrected chi connectivity index (χ4v) is 2.80. The van der Waals surface area contributed by atoms with Crippen molar-refractivity contribution in [1.29, 1.82) is 0 Å². The number of halogens is 2. The van der Waals surface area contributed by atoms with Crippen molar-refractivity contribution in [3.8, 4) is 11.1 Å². The second-order valence-electron chi connectivity index (χ2n) is 4.09. The van der Waals surface area contributed by atoms with Gasteiger partial charge < -0.3 is 0 Å². The highest BCUT2D eigenvalue weighted by molar-refractivity contribution is 9.10. The van der Waals surface area contributed by atoms with Gasteiger partial charge in [-0.05, 0) is 48.2 Å². The highest BCUT2D eigenvalue weighted by Crippen LogP contribution is 2.34. The first-order chi connectivity index (χ1) is 8.13. The molecule has 0 saturated heterocycles. The van der Waals surface area contributed by atoms with Gasteiger partial charge in [-0.1, -0.05) is 52.7 Å². The van der Waals surface area contributed by atoms with Gasteiger partial charge in [0.15, 0.2) is 0 Å². The van der Waals surface area contributed by atoms with E-state index in [1.807, 2.05) is 12.1 Å². The summed E-state index contributed by atoms with van der Waals surface area (Å²) in [6.07, 6.45) is 0.999. The van der Waals surface area contributed by atoms with Crippen molar-refractivity contribution in [3.63, 3.8) is 0 Å². The van der Waals surface area contributed by atoms with Gasteiger partial charge >= 0.3 is 0 Å². The summed E-state index contributed by atoms with van der Waals surface area (Å²) >= 11 is 9.83. The van der Waals surface area contributed by atoms with Gasteiger partial charge in [0.25, 0.3) is 0 Å². The second-order valence-corrected chi connectivity index (χ2v) is 5.41. The molecule has 0 bridgehead atoms. The summed E-state index contributed by atoms with van der Waals surface area (Å²) in [6.45, 7) is 4.26. The lowest BCUT2D eigenvalue weighted by Gasteiger charge is -2.13. The molecule has 0 heterocycles. The Kier molecular flexibility index (Phi) is 3.90. The molecule has 17 heavy (non-hydrogen) atoms. The zero-order chi connectivity index (χ0) is 12.4. The number of hydrogen-bond donors (Lipinski definition) is 0. The van der Waals surface area contributed by atoms with Crippen molar-refractivity contribution >= 4 is 27.5 Å². The molecule has 0 spiro atoms. The summed E-state index contributed by atoms with van der Waals surface area (Å²) in [7, 11) is 0. The molecular weight excluding hydrogens is 296 g/mol. The average molecular weight is 310 g/mol. The Balaban J connectivity index is 2.68. The van der Waals surface area contributed by atoms with E-state index >= 15 is 0 Å². The van der Waals surface area contributed by atoms with E-state index in [1.165, 1.54) is 16.7 Å². The number of hydrogen-bond acceptors (Lipinski definition) is 0. The minimum Gasteiger partial charge on any atom is -0.0837 e. The van der Waals surface area contributed by atoms with Crippen LogP contribution >= 0.6 is 27.5 Å². The lowest BCUT2D eigenvalue weighted by molar-refractivity contribution is 1.14. The Bertz CT molecular complexity index is 526. The minimum atomic E-state index is 0.821. The summed E-state index contributed by atoms with van der Waals surface area (Å²) < 4.78 is 1.11. The summed E-state index contributed by atoms with van der Waals surface area (Å²) in [5, 5.41) is 0.821. The zero-order valence-corrected chi connectivity index (χ0v) is 12.3. The van der Waals surface area contributed by atoms with Gasteiger partial charge in [-0.3, -0.25) is 0 Å². The van der Waals surface area contributed by atoms with Crippen LogP contribution in [0.1, 0.15) is 18.1 Å². The van der Waals surface area contributed by atoms with Crippen LogP contribution in [0.2, 0.25) is 5.02 Å². The van der Waals surface area contributed by atoms with Crippen molar-refractivity contribution < 1.29 is 0 Å². The molecule has 2 heteroatoms. The molecular formula is C15H14BrCl. The zero-order valence-electron chi connectivity index (χ0n) is 9.93. The molecule has 0 amide bonds. The maximum absolute atomic E-state index is 6.32. The molecule has 0 saturated carbocycles. The van der Waals surface area contributed by atoms with Crippen molar-refractivity contribution in [2.24, 2.45) is 0 Å². The average Bonchev–Trinajstić information content (AvgIpc) is 2.30. The van der Waals surface area contributed by atoms with Crippen molar-refractivity contribution in [1.82, 2.24) is 0 Å². The van der Waals surface area contributed by atoms with Crippen LogP contribution < -0.4 is 0 Å². The molecule has 0 atom stereocenters. The first kappa shape index (κ1) is 12.7. The van der Waals surface area contributed by atoms with E-state index in [0.29, 0.717) is 0 Å². The van der Waals surface area contributed by atoms with Gasteiger partial charge in [-0.15, -0.1) is 0 Å². The lowest BCUT2D eigenvalue weighted by atomic mass is 9.95. The maximum atomic E-state index is 6.32. The van der Waals surface area contributed by atoms with Crippen molar-refractivity contribution in [2.75, 3.05) is 0 Å². The Labute approximate surface area is 116 Å². The molecule has 2 aromatic carbocycles. The second kappa shape index (κ2) is 5.24. The quantitative estimate of drug-likeness (QED) is 0.673. The van der Waals surface area contributed by atoms with E-state index < -0.39 is 0 Å². The third-order valence-corrected chi connectivity index (χ3v) is 3.75. The van der Waals surface area contributed by atoms with E-state index in [4.69, 9.17) is 11.6 Å². The normalized spacial score (nSPS) is 10.6. The van der Waals surface area contributed by atoms with Crippen LogP contribution in [0.4, 0.5) is 0 Å². The molecule has 0 aliphatic heterocycles. The van der Waals surface area contributed by atoms with Gasteiger partial charge in [0, 0.05) is 15.1 Å². The number of benzene rings is 2. The van der Waals surface area contributed by atoms with Crippen LogP contribution in [0, 0.1) is 6.92 Å². The predicted molar refractivity (Wildman–Crippen MR) is 78.7 cm³/mol. The van der Waals surface area contributed by atoms with Crippen molar-refractivity contribution in [3.05, 3.63) is 57.0 Å². The highest BCUT2D eigenvalue weighted by Gasteiger charge is 2.10. The van der Waals surface area contributed by atoms with Gasteiger partial charge in [-0.2, -0.15) is 0 Å². The van der Waals surface area contributed by atoms with Gasteiger partial charge in [0.2, 0.25) is 0 Å². The first-order valence-electron chi connectivity index (χ1n) is 5.67. The summed E-state index contributed by atoms with van der Waals surface area (Å²) in [5.41, 5.74) is 4.92. The molecule has 0 N–H and O–H groups in total. The van der Waals surface area contributed by atoms with E-state index in [9.17, 15) is 0 Å². The number of aryl methyl sites for hydroxylation is 2. The van der Waals surface area contributed by atoms with Crippen LogP contribution in [0.3, 0.4) is 0 Å². The van der Waals surface area contributed by atoms with Crippen LogP contribution in [0.25, 0.3) is 11.1 Å². The van der Waals surface area contributed by atoms with Crippen LogP contribution in [0.5, 0.6) is 0 Å². The third-order valence-electron chi connectivity index (χ3n) is 2.94. The molecule has 88 valence electrons. The van der Waals surface area contributed by atoms with Gasteiger partial charge in [0.05, 0.1) is 0 Å². The minimum absolute atomic E-state index is 0.821. The third kappa shape index (κ3) is 2.56. The van der Waals surface area contributed by atoms with Crippen LogP contribution in [-0.2, 0) is 6.42 Å². The summed E-state index contributed by atoms with van der Waals surface area (Å²) in [4.78, 5) is 0. The maximum Gasteiger partial charge on any atom is 0.0487 e. The molecule has 0 radical (unpaired) electrons. The monoisotopic (exact) mass is 308 g/mol. The largest absolute Gasteiger partial charge is 0.0837 e. The molecule has 0 aliphatic rings. The van der Waals surface area contributed by atoms with Crippen molar-refractivity contribution in [2.45, 2.75) is 20.3 Å². The molecule has 0 aliphatic carbocycles. The molecule has 0 nitrogen and oxygen atoms in total.